The van der Waals surface area contributed by atoms with E-state index in [0.29, 0.717) is 5.88 Å². The first-order valence-corrected chi connectivity index (χ1v) is 6.88. The first-order valence-electron chi connectivity index (χ1n) is 6.88. The first kappa shape index (κ1) is 14.5. The highest BCUT2D eigenvalue weighted by Crippen LogP contribution is 2.11. The second-order valence-electron chi connectivity index (χ2n) is 4.98. The molecule has 0 bridgehead atoms. The quantitative estimate of drug-likeness (QED) is 0.867. The Bertz CT molecular complexity index is 548. The van der Waals surface area contributed by atoms with E-state index >= 15 is 0 Å². The van der Waals surface area contributed by atoms with E-state index in [9.17, 15) is 0 Å². The summed E-state index contributed by atoms with van der Waals surface area (Å²) in [5, 5.41) is 4.44. The zero-order valence-electron chi connectivity index (χ0n) is 12.3. The largest absolute Gasteiger partial charge is 0.481 e. The van der Waals surface area contributed by atoms with E-state index in [2.05, 4.69) is 23.1 Å². The Hall–Kier alpha value is -1.88. The molecule has 5 nitrogen and oxygen atoms in total. The molecule has 0 spiro atoms. The topological polar surface area (TPSA) is 66.0 Å². The average Bonchev–Trinajstić information content (AvgIpc) is 2.80. The summed E-state index contributed by atoms with van der Waals surface area (Å²) < 4.78 is 6.97. The van der Waals surface area contributed by atoms with Crippen LogP contribution in [0.25, 0.3) is 0 Å². The molecule has 0 saturated heterocycles. The molecule has 2 rings (SSSR count). The molecule has 20 heavy (non-hydrogen) atoms. The minimum absolute atomic E-state index is 0.0605. The van der Waals surface area contributed by atoms with Crippen LogP contribution in [-0.4, -0.2) is 27.9 Å². The van der Waals surface area contributed by atoms with Crippen LogP contribution in [0.4, 0.5) is 0 Å². The van der Waals surface area contributed by atoms with Gasteiger partial charge in [0.25, 0.3) is 0 Å². The van der Waals surface area contributed by atoms with Crippen molar-refractivity contribution in [2.24, 2.45) is 12.8 Å². The van der Waals surface area contributed by atoms with Gasteiger partial charge in [0.05, 0.1) is 12.8 Å². The number of hydrogen-bond acceptors (Lipinski definition) is 4. The molecule has 5 heteroatoms. The van der Waals surface area contributed by atoms with Crippen molar-refractivity contribution < 1.29 is 4.74 Å². The highest BCUT2D eigenvalue weighted by molar-refractivity contribution is 5.19. The molecule has 2 N–H and O–H groups in total. The van der Waals surface area contributed by atoms with Crippen molar-refractivity contribution in [3.63, 3.8) is 0 Å². The molecule has 0 radical (unpaired) electrons. The lowest BCUT2D eigenvalue weighted by molar-refractivity contribution is 0.397. The van der Waals surface area contributed by atoms with E-state index < -0.39 is 0 Å². The van der Waals surface area contributed by atoms with Gasteiger partial charge in [-0.3, -0.25) is 4.68 Å². The summed E-state index contributed by atoms with van der Waals surface area (Å²) in [5.41, 5.74) is 9.64. The highest BCUT2D eigenvalue weighted by atomic mass is 16.5. The molecular formula is C15H22N4O. The number of methoxy groups -OCH3 is 1. The van der Waals surface area contributed by atoms with Crippen LogP contribution >= 0.6 is 0 Å². The maximum Gasteiger partial charge on any atom is 0.212 e. The Morgan fingerprint density at radius 2 is 2.15 bits per heavy atom. The van der Waals surface area contributed by atoms with E-state index in [0.717, 1.165) is 30.5 Å². The standard InChI is InChI=1S/C15H22N4O/c1-4-13-9-14(19(2)18-13)8-12(16)7-11-5-6-15(20-3)17-10-11/h5-6,9-10,12H,4,7-8,16H2,1-3H3. The van der Waals surface area contributed by atoms with Crippen LogP contribution < -0.4 is 10.5 Å². The van der Waals surface area contributed by atoms with Crippen molar-refractivity contribution in [1.29, 1.82) is 0 Å². The van der Waals surface area contributed by atoms with Crippen LogP contribution in [0.3, 0.4) is 0 Å². The first-order chi connectivity index (χ1) is 9.62. The minimum atomic E-state index is 0.0605. The Morgan fingerprint density at radius 1 is 1.35 bits per heavy atom. The number of nitrogens with two attached hydrogens (primary N) is 1. The SMILES string of the molecule is CCc1cc(CC(N)Cc2ccc(OC)nc2)n(C)n1. The average molecular weight is 274 g/mol. The van der Waals surface area contributed by atoms with Gasteiger partial charge in [-0.2, -0.15) is 5.10 Å². The van der Waals surface area contributed by atoms with Gasteiger partial charge in [-0.1, -0.05) is 13.0 Å². The van der Waals surface area contributed by atoms with Crippen molar-refractivity contribution in [2.75, 3.05) is 7.11 Å². The fraction of sp³-hybridized carbons (Fsp3) is 0.467. The number of rotatable bonds is 6. The van der Waals surface area contributed by atoms with Gasteiger partial charge in [-0.05, 0) is 24.5 Å². The van der Waals surface area contributed by atoms with Crippen molar-refractivity contribution in [1.82, 2.24) is 14.8 Å². The summed E-state index contributed by atoms with van der Waals surface area (Å²) in [6.07, 6.45) is 4.38. The molecule has 2 aromatic heterocycles. The highest BCUT2D eigenvalue weighted by Gasteiger charge is 2.10. The number of hydrogen-bond donors (Lipinski definition) is 1. The smallest absolute Gasteiger partial charge is 0.212 e. The van der Waals surface area contributed by atoms with Gasteiger partial charge in [-0.15, -0.1) is 0 Å². The fourth-order valence-corrected chi connectivity index (χ4v) is 2.23. The zero-order chi connectivity index (χ0) is 14.5. The maximum atomic E-state index is 6.23. The van der Waals surface area contributed by atoms with Gasteiger partial charge in [0.15, 0.2) is 0 Å². The lowest BCUT2D eigenvalue weighted by atomic mass is 10.0. The normalized spacial score (nSPS) is 12.4. The number of aryl methyl sites for hydroxylation is 2. The zero-order valence-corrected chi connectivity index (χ0v) is 12.3. The molecular weight excluding hydrogens is 252 g/mol. The summed E-state index contributed by atoms with van der Waals surface area (Å²) >= 11 is 0. The van der Waals surface area contributed by atoms with Crippen LogP contribution in [0.1, 0.15) is 23.9 Å². The van der Waals surface area contributed by atoms with Gasteiger partial charge in [-0.25, -0.2) is 4.98 Å². The molecule has 108 valence electrons. The summed E-state index contributed by atoms with van der Waals surface area (Å²) in [6.45, 7) is 2.11. The van der Waals surface area contributed by atoms with Crippen molar-refractivity contribution >= 4 is 0 Å². The molecule has 0 aliphatic heterocycles. The molecule has 0 fully saturated rings. The molecule has 0 aromatic carbocycles. The molecule has 2 heterocycles. The van der Waals surface area contributed by atoms with Crippen LogP contribution in [-0.2, 0) is 26.3 Å². The minimum Gasteiger partial charge on any atom is -0.481 e. The fourth-order valence-electron chi connectivity index (χ4n) is 2.23. The monoisotopic (exact) mass is 274 g/mol. The van der Waals surface area contributed by atoms with Crippen LogP contribution in [0.2, 0.25) is 0 Å². The number of aromatic nitrogens is 3. The third-order valence-corrected chi connectivity index (χ3v) is 3.37. The number of pyridine rings is 1. The van der Waals surface area contributed by atoms with E-state index in [1.807, 2.05) is 30.1 Å². The van der Waals surface area contributed by atoms with Crippen molar-refractivity contribution in [2.45, 2.75) is 32.2 Å². The van der Waals surface area contributed by atoms with Gasteiger partial charge >= 0.3 is 0 Å². The van der Waals surface area contributed by atoms with Gasteiger partial charge in [0.1, 0.15) is 0 Å². The lowest BCUT2D eigenvalue weighted by Crippen LogP contribution is -2.26. The summed E-state index contributed by atoms with van der Waals surface area (Å²) in [5.74, 6) is 0.626. The Kier molecular flexibility index (Phi) is 4.74. The number of nitrogens with zero attached hydrogens (tertiary/aromatic N) is 3. The van der Waals surface area contributed by atoms with E-state index in [-0.39, 0.29) is 6.04 Å². The second-order valence-corrected chi connectivity index (χ2v) is 4.98. The Balaban J connectivity index is 1.97. The predicted octanol–water partition coefficient (Wildman–Crippen LogP) is 1.50. The van der Waals surface area contributed by atoms with E-state index in [1.54, 1.807) is 7.11 Å². The van der Waals surface area contributed by atoms with Gasteiger partial charge in [0, 0.05) is 37.5 Å². The molecule has 0 aliphatic rings. The lowest BCUT2D eigenvalue weighted by Gasteiger charge is -2.11. The summed E-state index contributed by atoms with van der Waals surface area (Å²) in [7, 11) is 3.58. The predicted molar refractivity (Wildman–Crippen MR) is 78.8 cm³/mol. The Morgan fingerprint density at radius 3 is 2.70 bits per heavy atom. The second kappa shape index (κ2) is 6.52. The third-order valence-electron chi connectivity index (χ3n) is 3.37. The van der Waals surface area contributed by atoms with Crippen LogP contribution in [0, 0.1) is 0 Å². The van der Waals surface area contributed by atoms with Crippen LogP contribution in [0.15, 0.2) is 24.4 Å². The summed E-state index contributed by atoms with van der Waals surface area (Å²) in [4.78, 5) is 4.20. The Labute approximate surface area is 119 Å². The van der Waals surface area contributed by atoms with Crippen molar-refractivity contribution in [3.8, 4) is 5.88 Å². The maximum absolute atomic E-state index is 6.23. The molecule has 2 aromatic rings. The summed E-state index contributed by atoms with van der Waals surface area (Å²) in [6, 6.07) is 6.06. The van der Waals surface area contributed by atoms with E-state index in [1.165, 1.54) is 5.69 Å². The van der Waals surface area contributed by atoms with Gasteiger partial charge < -0.3 is 10.5 Å². The van der Waals surface area contributed by atoms with Gasteiger partial charge in [0.2, 0.25) is 5.88 Å². The molecule has 0 aliphatic carbocycles. The molecule has 1 unspecified atom stereocenters. The number of ether oxygens (including phenoxy) is 1. The van der Waals surface area contributed by atoms with Crippen molar-refractivity contribution in [3.05, 3.63) is 41.3 Å². The molecule has 1 atom stereocenters. The van der Waals surface area contributed by atoms with E-state index in [4.69, 9.17) is 10.5 Å². The van der Waals surface area contributed by atoms with Crippen LogP contribution in [0.5, 0.6) is 5.88 Å². The molecule has 0 amide bonds. The third kappa shape index (κ3) is 3.57. The molecule has 0 saturated carbocycles.